The summed E-state index contributed by atoms with van der Waals surface area (Å²) < 4.78 is 0. The second kappa shape index (κ2) is 16.1. The molecule has 0 atom stereocenters. The van der Waals surface area contributed by atoms with Gasteiger partial charge in [0.05, 0.1) is 0 Å². The number of rotatable bonds is 2. The summed E-state index contributed by atoms with van der Waals surface area (Å²) in [5, 5.41) is 0. The lowest BCUT2D eigenvalue weighted by Gasteiger charge is -2.45. The van der Waals surface area contributed by atoms with Crippen LogP contribution in [0.2, 0.25) is 0 Å². The maximum Gasteiger partial charge on any atom is 0.248 e. The van der Waals surface area contributed by atoms with Crippen LogP contribution >= 0.6 is 0 Å². The van der Waals surface area contributed by atoms with Gasteiger partial charge in [-0.05, 0) is 181 Å². The van der Waals surface area contributed by atoms with Crippen molar-refractivity contribution in [2.75, 3.05) is 9.80 Å². The molecule has 0 amide bonds. The van der Waals surface area contributed by atoms with Crippen molar-refractivity contribution in [3.8, 4) is 22.3 Å². The molecule has 17 rings (SSSR count). The third-order valence-corrected chi connectivity index (χ3v) is 18.1. The summed E-state index contributed by atoms with van der Waals surface area (Å²) in [6.45, 7) is 8.83. The van der Waals surface area contributed by atoms with Crippen molar-refractivity contribution in [3.05, 3.63) is 297 Å². The van der Waals surface area contributed by atoms with Crippen molar-refractivity contribution >= 4 is 103 Å². The molecule has 78 heavy (non-hydrogen) atoms. The SMILES string of the molecule is Cc1ccc(N2c3cc4c(cc3B3c5ccc(C)cc5C(=C5c6ccccc6-c6ccccc65)c5cccc2c53)B2c3ccc(C)cc3C(=C3c5ccccc5-c5ccccc53)c3cccc(c32)N4c2ccc(C)cc2)cc1. The highest BCUT2D eigenvalue weighted by Gasteiger charge is 2.48. The molecule has 4 aliphatic heterocycles. The van der Waals surface area contributed by atoms with E-state index in [0.717, 1.165) is 11.4 Å². The highest BCUT2D eigenvalue weighted by molar-refractivity contribution is 7.02. The molecule has 0 radical (unpaired) electrons. The van der Waals surface area contributed by atoms with Gasteiger partial charge < -0.3 is 9.80 Å². The maximum absolute atomic E-state index is 2.67. The van der Waals surface area contributed by atoms with Crippen molar-refractivity contribution in [2.24, 2.45) is 0 Å². The summed E-state index contributed by atoms with van der Waals surface area (Å²) in [5.41, 5.74) is 41.2. The van der Waals surface area contributed by atoms with E-state index in [1.54, 1.807) is 0 Å². The Morgan fingerprint density at radius 2 is 0.551 bits per heavy atom. The Balaban J connectivity index is 0.995. The average Bonchev–Trinajstić information content (AvgIpc) is 2.98. The molecule has 4 heteroatoms. The molecule has 2 aliphatic carbocycles. The molecule has 11 aromatic rings. The summed E-state index contributed by atoms with van der Waals surface area (Å²) in [5.74, 6) is 0. The number of hydrogen-bond acceptors (Lipinski definition) is 2. The molecule has 0 unspecified atom stereocenters. The van der Waals surface area contributed by atoms with Gasteiger partial charge in [0, 0.05) is 34.1 Å². The van der Waals surface area contributed by atoms with Crippen molar-refractivity contribution < 1.29 is 0 Å². The van der Waals surface area contributed by atoms with Crippen LogP contribution in [0.3, 0.4) is 0 Å². The molecular weight excluding hydrogens is 938 g/mol. The topological polar surface area (TPSA) is 6.48 Å². The van der Waals surface area contributed by atoms with E-state index in [1.807, 2.05) is 0 Å². The van der Waals surface area contributed by atoms with E-state index in [2.05, 4.69) is 268 Å². The molecule has 0 aromatic heterocycles. The molecule has 4 heterocycles. The van der Waals surface area contributed by atoms with Gasteiger partial charge in [-0.25, -0.2) is 0 Å². The van der Waals surface area contributed by atoms with Crippen molar-refractivity contribution in [1.29, 1.82) is 0 Å². The quantitative estimate of drug-likeness (QED) is 0.159. The Bertz CT molecular complexity index is 4180. The molecule has 0 N–H and O–H groups in total. The first kappa shape index (κ1) is 43.8. The summed E-state index contributed by atoms with van der Waals surface area (Å²) in [7, 11) is 0. The van der Waals surface area contributed by atoms with Crippen LogP contribution in [0.1, 0.15) is 66.8 Å². The van der Waals surface area contributed by atoms with Crippen molar-refractivity contribution in [1.82, 2.24) is 0 Å². The molecular formula is C74H50B2N2. The van der Waals surface area contributed by atoms with Gasteiger partial charge in [-0.15, -0.1) is 0 Å². The number of aryl methyl sites for hydroxylation is 4. The molecule has 0 fully saturated rings. The zero-order valence-electron chi connectivity index (χ0n) is 44.0. The standard InChI is InChI=1S/C74H50B2N2/c1-43-27-33-47(34-28-43)77-65-25-13-23-57-71(69-53-19-9-5-15-49(53)50-16-6-10-20-54(50)69)59-39-45(3)31-37-61(59)75(73(57)65)63-41-64-68(42-67(63)77)78(48-35-29-44(2)30-36-48)66-26-14-24-58-72(60-40-46(4)32-38-62(60)76(64)74(58)66)70-55-21-11-7-17-51(55)52-18-8-12-22-56(52)70/h5-42H,1-4H3. The van der Waals surface area contributed by atoms with E-state index in [0.29, 0.717) is 0 Å². The number of hydrogen-bond donors (Lipinski definition) is 0. The first-order valence-corrected chi connectivity index (χ1v) is 27.6. The average molecular weight is 989 g/mol. The molecule has 362 valence electrons. The van der Waals surface area contributed by atoms with Crippen LogP contribution in [0.4, 0.5) is 34.1 Å². The first-order chi connectivity index (χ1) is 38.4. The normalized spacial score (nSPS) is 14.2. The summed E-state index contributed by atoms with van der Waals surface area (Å²) in [4.78, 5) is 5.19. The largest absolute Gasteiger partial charge is 0.311 e. The third kappa shape index (κ3) is 5.90. The fourth-order valence-electron chi connectivity index (χ4n) is 14.8. The minimum absolute atomic E-state index is 0.0419. The second-order valence-corrected chi connectivity index (χ2v) is 22.5. The molecule has 6 aliphatic rings. The van der Waals surface area contributed by atoms with Crippen molar-refractivity contribution in [2.45, 2.75) is 27.7 Å². The summed E-state index contributed by atoms with van der Waals surface area (Å²) in [6, 6.07) is 88.8. The van der Waals surface area contributed by atoms with Crippen LogP contribution in [0, 0.1) is 27.7 Å². The van der Waals surface area contributed by atoms with Gasteiger partial charge in [0.2, 0.25) is 13.4 Å². The number of fused-ring (bicyclic) bond motifs is 14. The van der Waals surface area contributed by atoms with Crippen LogP contribution in [0.5, 0.6) is 0 Å². The van der Waals surface area contributed by atoms with Gasteiger partial charge in [-0.1, -0.05) is 221 Å². The molecule has 0 spiro atoms. The van der Waals surface area contributed by atoms with E-state index in [4.69, 9.17) is 0 Å². The van der Waals surface area contributed by atoms with E-state index in [9.17, 15) is 0 Å². The molecule has 2 nitrogen and oxygen atoms in total. The minimum atomic E-state index is -0.0419. The number of anilines is 6. The fraction of sp³-hybridized carbons (Fsp3) is 0.0541. The Morgan fingerprint density at radius 1 is 0.231 bits per heavy atom. The third-order valence-electron chi connectivity index (χ3n) is 18.1. The van der Waals surface area contributed by atoms with Crippen LogP contribution < -0.4 is 42.6 Å². The van der Waals surface area contributed by atoms with Crippen molar-refractivity contribution in [3.63, 3.8) is 0 Å². The van der Waals surface area contributed by atoms with E-state index >= 15 is 0 Å². The van der Waals surface area contributed by atoms with Gasteiger partial charge >= 0.3 is 0 Å². The highest BCUT2D eigenvalue weighted by Crippen LogP contribution is 2.53. The predicted molar refractivity (Wildman–Crippen MR) is 331 cm³/mol. The van der Waals surface area contributed by atoms with Crippen LogP contribution in [0.25, 0.3) is 44.5 Å². The maximum atomic E-state index is 2.67. The van der Waals surface area contributed by atoms with Gasteiger partial charge in [0.15, 0.2) is 0 Å². The number of nitrogens with zero attached hydrogens (tertiary/aromatic N) is 2. The Kier molecular flexibility index (Phi) is 9.04. The first-order valence-electron chi connectivity index (χ1n) is 27.6. The van der Waals surface area contributed by atoms with E-state index in [-0.39, 0.29) is 13.4 Å². The highest BCUT2D eigenvalue weighted by atomic mass is 15.2. The lowest BCUT2D eigenvalue weighted by molar-refractivity contribution is 1.25. The Labute approximate surface area is 457 Å². The fourth-order valence-corrected chi connectivity index (χ4v) is 14.8. The monoisotopic (exact) mass is 988 g/mol. The number of benzene rings is 11. The summed E-state index contributed by atoms with van der Waals surface area (Å²) in [6.07, 6.45) is 0. The van der Waals surface area contributed by atoms with Crippen LogP contribution in [0.15, 0.2) is 231 Å². The van der Waals surface area contributed by atoms with E-state index < -0.39 is 0 Å². The second-order valence-electron chi connectivity index (χ2n) is 22.5. The zero-order chi connectivity index (χ0) is 51.7. The van der Waals surface area contributed by atoms with Gasteiger partial charge in [0.1, 0.15) is 0 Å². The van der Waals surface area contributed by atoms with Gasteiger partial charge in [-0.3, -0.25) is 0 Å². The minimum Gasteiger partial charge on any atom is -0.311 e. The molecule has 0 saturated heterocycles. The Morgan fingerprint density at radius 3 is 0.923 bits per heavy atom. The lowest BCUT2D eigenvalue weighted by Crippen LogP contribution is -2.65. The predicted octanol–water partition coefficient (Wildman–Crippen LogP) is 14.1. The Hall–Kier alpha value is -9.37. The molecule has 0 saturated carbocycles. The molecule has 0 bridgehead atoms. The lowest BCUT2D eigenvalue weighted by atomic mass is 9.28. The summed E-state index contributed by atoms with van der Waals surface area (Å²) >= 11 is 0. The van der Waals surface area contributed by atoms with Crippen LogP contribution in [-0.2, 0) is 0 Å². The van der Waals surface area contributed by atoms with Crippen LogP contribution in [-0.4, -0.2) is 13.4 Å². The van der Waals surface area contributed by atoms with Gasteiger partial charge in [-0.2, -0.15) is 0 Å². The van der Waals surface area contributed by atoms with Gasteiger partial charge in [0.25, 0.3) is 0 Å². The van der Waals surface area contributed by atoms with E-state index in [1.165, 1.54) is 167 Å². The molecule has 11 aromatic carbocycles. The smallest absolute Gasteiger partial charge is 0.248 e. The zero-order valence-corrected chi connectivity index (χ0v) is 44.0.